The lowest BCUT2D eigenvalue weighted by Gasteiger charge is -2.15. The molecule has 0 aromatic heterocycles. The van der Waals surface area contributed by atoms with Gasteiger partial charge < -0.3 is 15.2 Å². The number of amides is 1. The summed E-state index contributed by atoms with van der Waals surface area (Å²) in [5.41, 5.74) is 0. The Bertz CT molecular complexity index is 261. The third kappa shape index (κ3) is 5.17. The van der Waals surface area contributed by atoms with Gasteiger partial charge in [-0.05, 0) is 18.8 Å². The molecule has 17 heavy (non-hydrogen) atoms. The molecule has 0 aliphatic heterocycles. The predicted octanol–water partition coefficient (Wildman–Crippen LogP) is 1.17. The van der Waals surface area contributed by atoms with Crippen molar-refractivity contribution in [1.82, 2.24) is 5.32 Å². The topological polar surface area (TPSA) is 75.6 Å². The van der Waals surface area contributed by atoms with Gasteiger partial charge in [-0.1, -0.05) is 12.8 Å². The number of carboxylic acid groups (broad SMARTS) is 1. The van der Waals surface area contributed by atoms with Crippen LogP contribution in [0.25, 0.3) is 0 Å². The Morgan fingerprint density at radius 1 is 1.41 bits per heavy atom. The molecule has 1 unspecified atom stereocenters. The number of hydrogen-bond acceptors (Lipinski definition) is 3. The average molecular weight is 243 g/mol. The largest absolute Gasteiger partial charge is 0.480 e. The number of carbonyl (C=O) groups excluding carboxylic acids is 1. The Balaban J connectivity index is 2.32. The molecule has 1 amide bonds. The molecular formula is C12H21NO4. The van der Waals surface area contributed by atoms with Gasteiger partial charge in [-0.3, -0.25) is 4.79 Å². The number of nitrogens with one attached hydrogen (secondary N) is 1. The SMILES string of the molecule is COCCC(NC(=O)CC1CCCC1)C(=O)O. The zero-order valence-electron chi connectivity index (χ0n) is 10.3. The van der Waals surface area contributed by atoms with Gasteiger partial charge in [-0.15, -0.1) is 0 Å². The summed E-state index contributed by atoms with van der Waals surface area (Å²) in [5, 5.41) is 11.5. The molecule has 1 fully saturated rings. The Hall–Kier alpha value is -1.10. The molecule has 0 aromatic rings. The summed E-state index contributed by atoms with van der Waals surface area (Å²) in [6.45, 7) is 0.334. The first-order valence-corrected chi connectivity index (χ1v) is 6.14. The summed E-state index contributed by atoms with van der Waals surface area (Å²) in [5.74, 6) is -0.714. The Kier molecular flexibility index (Phi) is 5.97. The van der Waals surface area contributed by atoms with Crippen LogP contribution in [0.2, 0.25) is 0 Å². The van der Waals surface area contributed by atoms with Crippen molar-refractivity contribution in [1.29, 1.82) is 0 Å². The number of aliphatic carboxylic acids is 1. The van der Waals surface area contributed by atoms with Crippen LogP contribution >= 0.6 is 0 Å². The molecule has 2 N–H and O–H groups in total. The van der Waals surface area contributed by atoms with Crippen molar-refractivity contribution < 1.29 is 19.4 Å². The van der Waals surface area contributed by atoms with Crippen LogP contribution in [0.3, 0.4) is 0 Å². The molecule has 1 aliphatic rings. The predicted molar refractivity (Wildman–Crippen MR) is 62.6 cm³/mol. The molecule has 0 spiro atoms. The van der Waals surface area contributed by atoms with Gasteiger partial charge >= 0.3 is 5.97 Å². The normalized spacial score (nSPS) is 17.9. The first kappa shape index (κ1) is 14.0. The molecule has 0 radical (unpaired) electrons. The van der Waals surface area contributed by atoms with E-state index >= 15 is 0 Å². The lowest BCUT2D eigenvalue weighted by molar-refractivity contribution is -0.142. The molecule has 1 atom stereocenters. The van der Waals surface area contributed by atoms with E-state index in [1.807, 2.05) is 0 Å². The summed E-state index contributed by atoms with van der Waals surface area (Å²) >= 11 is 0. The van der Waals surface area contributed by atoms with Crippen molar-refractivity contribution in [3.63, 3.8) is 0 Å². The molecule has 98 valence electrons. The number of methoxy groups -OCH3 is 1. The Labute approximate surface area is 102 Å². The van der Waals surface area contributed by atoms with Gasteiger partial charge in [0.2, 0.25) is 5.91 Å². The lowest BCUT2D eigenvalue weighted by Crippen LogP contribution is -2.41. The van der Waals surface area contributed by atoms with Crippen LogP contribution in [0, 0.1) is 5.92 Å². The van der Waals surface area contributed by atoms with Crippen molar-refractivity contribution in [3.8, 4) is 0 Å². The molecule has 0 bridgehead atoms. The highest BCUT2D eigenvalue weighted by Crippen LogP contribution is 2.27. The van der Waals surface area contributed by atoms with Crippen molar-refractivity contribution in [2.24, 2.45) is 5.92 Å². The summed E-state index contributed by atoms with van der Waals surface area (Å²) in [4.78, 5) is 22.6. The van der Waals surface area contributed by atoms with Crippen molar-refractivity contribution in [2.75, 3.05) is 13.7 Å². The highest BCUT2D eigenvalue weighted by Gasteiger charge is 2.23. The highest BCUT2D eigenvalue weighted by molar-refractivity contribution is 5.83. The minimum atomic E-state index is -0.998. The van der Waals surface area contributed by atoms with Crippen LogP contribution in [-0.2, 0) is 14.3 Å². The fraction of sp³-hybridized carbons (Fsp3) is 0.833. The second-order valence-corrected chi connectivity index (χ2v) is 4.59. The second-order valence-electron chi connectivity index (χ2n) is 4.59. The fourth-order valence-electron chi connectivity index (χ4n) is 2.22. The molecule has 0 heterocycles. The van der Waals surface area contributed by atoms with Crippen LogP contribution in [0.4, 0.5) is 0 Å². The molecule has 0 aromatic carbocycles. The summed E-state index contributed by atoms with van der Waals surface area (Å²) in [7, 11) is 1.51. The monoisotopic (exact) mass is 243 g/mol. The van der Waals surface area contributed by atoms with Gasteiger partial charge in [0.15, 0.2) is 0 Å². The van der Waals surface area contributed by atoms with Crippen molar-refractivity contribution in [2.45, 2.75) is 44.6 Å². The first-order valence-electron chi connectivity index (χ1n) is 6.14. The fourth-order valence-corrected chi connectivity index (χ4v) is 2.22. The molecule has 0 saturated heterocycles. The Morgan fingerprint density at radius 3 is 2.59 bits per heavy atom. The number of rotatable bonds is 7. The Morgan fingerprint density at radius 2 is 2.06 bits per heavy atom. The zero-order chi connectivity index (χ0) is 12.7. The quantitative estimate of drug-likeness (QED) is 0.704. The van der Waals surface area contributed by atoms with Crippen LogP contribution in [0.15, 0.2) is 0 Å². The van der Waals surface area contributed by atoms with Gasteiger partial charge in [0.1, 0.15) is 6.04 Å². The van der Waals surface area contributed by atoms with E-state index < -0.39 is 12.0 Å². The lowest BCUT2D eigenvalue weighted by atomic mass is 10.0. The zero-order valence-corrected chi connectivity index (χ0v) is 10.3. The molecule has 5 nitrogen and oxygen atoms in total. The first-order chi connectivity index (χ1) is 8.13. The third-order valence-electron chi connectivity index (χ3n) is 3.19. The minimum absolute atomic E-state index is 0.152. The van der Waals surface area contributed by atoms with Gasteiger partial charge in [0.25, 0.3) is 0 Å². The maximum Gasteiger partial charge on any atom is 0.326 e. The van der Waals surface area contributed by atoms with Crippen molar-refractivity contribution >= 4 is 11.9 Å². The van der Waals surface area contributed by atoms with Gasteiger partial charge in [0.05, 0.1) is 0 Å². The summed E-state index contributed by atoms with van der Waals surface area (Å²) < 4.78 is 4.82. The van der Waals surface area contributed by atoms with E-state index in [0.29, 0.717) is 25.4 Å². The van der Waals surface area contributed by atoms with Crippen LogP contribution in [0.1, 0.15) is 38.5 Å². The van der Waals surface area contributed by atoms with E-state index in [2.05, 4.69) is 5.32 Å². The number of ether oxygens (including phenoxy) is 1. The standard InChI is InChI=1S/C12H21NO4/c1-17-7-6-10(12(15)16)13-11(14)8-9-4-2-3-5-9/h9-10H,2-8H2,1H3,(H,13,14)(H,15,16). The van der Waals surface area contributed by atoms with Gasteiger partial charge in [-0.25, -0.2) is 4.79 Å². The summed E-state index contributed by atoms with van der Waals surface area (Å²) in [6, 6.07) is -0.830. The smallest absolute Gasteiger partial charge is 0.326 e. The van der Waals surface area contributed by atoms with Crippen LogP contribution in [0.5, 0.6) is 0 Å². The van der Waals surface area contributed by atoms with Crippen LogP contribution in [-0.4, -0.2) is 36.7 Å². The number of carboxylic acids is 1. The second kappa shape index (κ2) is 7.27. The average Bonchev–Trinajstić information content (AvgIpc) is 2.76. The maximum atomic E-state index is 11.7. The molecule has 1 aliphatic carbocycles. The third-order valence-corrected chi connectivity index (χ3v) is 3.19. The molecule has 5 heteroatoms. The molecule has 1 saturated carbocycles. The van der Waals surface area contributed by atoms with E-state index in [4.69, 9.17) is 9.84 Å². The van der Waals surface area contributed by atoms with E-state index in [1.165, 1.54) is 20.0 Å². The van der Waals surface area contributed by atoms with Gasteiger partial charge in [-0.2, -0.15) is 0 Å². The van der Waals surface area contributed by atoms with E-state index in [9.17, 15) is 9.59 Å². The van der Waals surface area contributed by atoms with E-state index in [-0.39, 0.29) is 5.91 Å². The molecule has 1 rings (SSSR count). The number of carbonyl (C=O) groups is 2. The minimum Gasteiger partial charge on any atom is -0.480 e. The van der Waals surface area contributed by atoms with E-state index in [1.54, 1.807) is 0 Å². The molecular weight excluding hydrogens is 222 g/mol. The number of hydrogen-bond donors (Lipinski definition) is 2. The van der Waals surface area contributed by atoms with Crippen molar-refractivity contribution in [3.05, 3.63) is 0 Å². The maximum absolute atomic E-state index is 11.7. The van der Waals surface area contributed by atoms with Crippen LogP contribution < -0.4 is 5.32 Å². The van der Waals surface area contributed by atoms with Gasteiger partial charge in [0, 0.05) is 26.6 Å². The highest BCUT2D eigenvalue weighted by atomic mass is 16.5. The van der Waals surface area contributed by atoms with E-state index in [0.717, 1.165) is 12.8 Å². The summed E-state index contributed by atoms with van der Waals surface area (Å²) in [6.07, 6.45) is 5.30.